The molecule has 0 saturated heterocycles. The zero-order chi connectivity index (χ0) is 14.6. The van der Waals surface area contributed by atoms with Crippen LogP contribution in [0.5, 0.6) is 0 Å². The third kappa shape index (κ3) is 1.28. The Kier molecular flexibility index (Phi) is 2.70. The number of carbonyl (C=O) groups is 2. The highest BCUT2D eigenvalue weighted by Gasteiger charge is 2.85. The molecule has 0 amide bonds. The molecule has 0 aromatic heterocycles. The Morgan fingerprint density at radius 3 is 1.61 bits per heavy atom. The van der Waals surface area contributed by atoms with Crippen LogP contribution in [0.4, 0.5) is 26.3 Å². The summed E-state index contributed by atoms with van der Waals surface area (Å²) in [5, 5.41) is 16.5. The van der Waals surface area contributed by atoms with Crippen molar-refractivity contribution < 1.29 is 46.1 Å². The van der Waals surface area contributed by atoms with E-state index in [2.05, 4.69) is 0 Å². The smallest absolute Gasteiger partial charge is 0.362 e. The van der Waals surface area contributed by atoms with Crippen molar-refractivity contribution in [1.29, 1.82) is 0 Å². The van der Waals surface area contributed by atoms with Crippen molar-refractivity contribution in [2.75, 3.05) is 0 Å². The number of alkyl halides is 6. The van der Waals surface area contributed by atoms with Crippen molar-refractivity contribution in [2.24, 2.45) is 0 Å². The van der Waals surface area contributed by atoms with Gasteiger partial charge < -0.3 is 10.2 Å². The minimum absolute atomic E-state index is 0.735. The van der Waals surface area contributed by atoms with E-state index in [0.717, 1.165) is 0 Å². The summed E-state index contributed by atoms with van der Waals surface area (Å²) in [5.41, 5.74) is -10.5. The second-order valence-corrected chi connectivity index (χ2v) is 3.51. The summed E-state index contributed by atoms with van der Waals surface area (Å²) in [6, 6.07) is 0. The van der Waals surface area contributed by atoms with Crippen molar-refractivity contribution in [3.05, 3.63) is 12.2 Å². The molecule has 1 aliphatic carbocycles. The number of carboxylic acids is 2. The zero-order valence-corrected chi connectivity index (χ0v) is 8.13. The number of hydrogen-bond acceptors (Lipinski definition) is 2. The molecule has 10 heteroatoms. The van der Waals surface area contributed by atoms with Crippen LogP contribution in [0.2, 0.25) is 0 Å². The highest BCUT2D eigenvalue weighted by Crippen LogP contribution is 2.55. The Morgan fingerprint density at radius 1 is 0.833 bits per heavy atom. The molecule has 0 saturated carbocycles. The fourth-order valence-electron chi connectivity index (χ4n) is 1.41. The Labute approximate surface area is 94.5 Å². The Hall–Kier alpha value is -1.74. The van der Waals surface area contributed by atoms with Crippen LogP contribution in [0.3, 0.4) is 0 Å². The first kappa shape index (κ1) is 14.3. The van der Waals surface area contributed by atoms with Gasteiger partial charge in [0, 0.05) is 0 Å². The van der Waals surface area contributed by atoms with Gasteiger partial charge in [-0.2, -0.15) is 17.6 Å². The van der Waals surface area contributed by atoms with Crippen molar-refractivity contribution in [1.82, 2.24) is 0 Å². The lowest BCUT2D eigenvalue weighted by Gasteiger charge is -2.42. The van der Waals surface area contributed by atoms with Gasteiger partial charge >= 0.3 is 29.5 Å². The lowest BCUT2D eigenvalue weighted by atomic mass is 9.74. The number of aliphatic carboxylic acids is 2. The van der Waals surface area contributed by atoms with Crippen LogP contribution in [-0.4, -0.2) is 45.3 Å². The van der Waals surface area contributed by atoms with E-state index in [0.29, 0.717) is 0 Å². The van der Waals surface area contributed by atoms with Crippen molar-refractivity contribution in [3.63, 3.8) is 0 Å². The van der Waals surface area contributed by atoms with Gasteiger partial charge in [0.1, 0.15) is 0 Å². The fraction of sp³-hybridized carbons (Fsp3) is 0.500. The van der Waals surface area contributed by atoms with Gasteiger partial charge in [0.25, 0.3) is 5.67 Å². The summed E-state index contributed by atoms with van der Waals surface area (Å²) in [5.74, 6) is -17.7. The van der Waals surface area contributed by atoms with Gasteiger partial charge in [0.15, 0.2) is 0 Å². The molecule has 102 valence electrons. The molecule has 0 radical (unpaired) electrons. The molecule has 2 unspecified atom stereocenters. The van der Waals surface area contributed by atoms with E-state index in [4.69, 9.17) is 10.2 Å². The summed E-state index contributed by atoms with van der Waals surface area (Å²) in [7, 11) is 0. The summed E-state index contributed by atoms with van der Waals surface area (Å²) >= 11 is 0. The van der Waals surface area contributed by atoms with Gasteiger partial charge in [0.2, 0.25) is 0 Å². The predicted octanol–water partition coefficient (Wildman–Crippen LogP) is 1.41. The quantitative estimate of drug-likeness (QED) is 0.591. The molecule has 4 nitrogen and oxygen atoms in total. The number of rotatable bonds is 2. The number of allylic oxidation sites excluding steroid dienone is 1. The molecule has 18 heavy (non-hydrogen) atoms. The van der Waals surface area contributed by atoms with Crippen LogP contribution >= 0.6 is 0 Å². The summed E-state index contributed by atoms with van der Waals surface area (Å²) in [6.07, 6.45) is -1.61. The van der Waals surface area contributed by atoms with E-state index in [-0.39, 0.29) is 0 Å². The van der Waals surface area contributed by atoms with E-state index in [9.17, 15) is 35.9 Å². The topological polar surface area (TPSA) is 74.6 Å². The minimum Gasteiger partial charge on any atom is -0.479 e. The van der Waals surface area contributed by atoms with Crippen molar-refractivity contribution in [3.8, 4) is 0 Å². The molecule has 2 N–H and O–H groups in total. The Bertz CT molecular complexity index is 447. The maximum Gasteiger partial charge on any atom is 0.362 e. The van der Waals surface area contributed by atoms with Crippen LogP contribution in [0.15, 0.2) is 12.2 Å². The Balaban J connectivity index is 3.70. The minimum atomic E-state index is -6.08. The van der Waals surface area contributed by atoms with E-state index < -0.39 is 47.3 Å². The maximum atomic E-state index is 13.6. The van der Waals surface area contributed by atoms with E-state index in [1.807, 2.05) is 0 Å². The molecular weight excluding hydrogens is 274 g/mol. The predicted molar refractivity (Wildman–Crippen MR) is 42.0 cm³/mol. The standard InChI is InChI=1S/C8H4F6O4/c9-5(3(15)16)1-2-6(10,11)8(13,14)7(5,12)4(17)18/h1-2H,(H,15,16)(H,17,18). The average Bonchev–Trinajstić information content (AvgIpc) is 2.21. The van der Waals surface area contributed by atoms with Crippen LogP contribution < -0.4 is 0 Å². The zero-order valence-electron chi connectivity index (χ0n) is 8.13. The molecule has 0 aromatic carbocycles. The van der Waals surface area contributed by atoms with E-state index in [1.165, 1.54) is 0 Å². The highest BCUT2D eigenvalue weighted by molar-refractivity contribution is 5.94. The molecular formula is C8H4F6O4. The molecule has 0 aromatic rings. The van der Waals surface area contributed by atoms with Crippen molar-refractivity contribution in [2.45, 2.75) is 23.2 Å². The molecule has 0 fully saturated rings. The van der Waals surface area contributed by atoms with Gasteiger partial charge in [-0.05, 0) is 12.2 Å². The average molecular weight is 278 g/mol. The summed E-state index contributed by atoms with van der Waals surface area (Å²) in [6.45, 7) is 0. The van der Waals surface area contributed by atoms with Gasteiger partial charge in [0.05, 0.1) is 0 Å². The SMILES string of the molecule is O=C(O)C1(F)C=CC(F)(F)C(F)(F)C1(F)C(=O)O. The van der Waals surface area contributed by atoms with E-state index >= 15 is 0 Å². The molecule has 0 aliphatic heterocycles. The lowest BCUT2D eigenvalue weighted by Crippen LogP contribution is -2.73. The van der Waals surface area contributed by atoms with Crippen LogP contribution in [0.25, 0.3) is 0 Å². The van der Waals surface area contributed by atoms with Crippen LogP contribution in [0, 0.1) is 0 Å². The fourth-order valence-corrected chi connectivity index (χ4v) is 1.41. The molecule has 1 aliphatic rings. The number of halogens is 6. The molecule has 0 heterocycles. The van der Waals surface area contributed by atoms with Gasteiger partial charge in [-0.1, -0.05) is 0 Å². The van der Waals surface area contributed by atoms with Crippen LogP contribution in [-0.2, 0) is 9.59 Å². The summed E-state index contributed by atoms with van der Waals surface area (Å²) < 4.78 is 78.9. The first-order valence-electron chi connectivity index (χ1n) is 4.15. The first-order chi connectivity index (χ1) is 7.84. The van der Waals surface area contributed by atoms with Crippen molar-refractivity contribution >= 4 is 11.9 Å². The normalized spacial score (nSPS) is 37.2. The van der Waals surface area contributed by atoms with Gasteiger partial charge in [-0.25, -0.2) is 18.4 Å². The summed E-state index contributed by atoms with van der Waals surface area (Å²) in [4.78, 5) is 20.8. The number of hydrogen-bond donors (Lipinski definition) is 2. The molecule has 2 atom stereocenters. The maximum absolute atomic E-state index is 13.6. The lowest BCUT2D eigenvalue weighted by molar-refractivity contribution is -0.281. The highest BCUT2D eigenvalue weighted by atomic mass is 19.3. The first-order valence-corrected chi connectivity index (χ1v) is 4.15. The second-order valence-electron chi connectivity index (χ2n) is 3.51. The second kappa shape index (κ2) is 3.39. The third-order valence-electron chi connectivity index (χ3n) is 2.48. The molecule has 0 bridgehead atoms. The third-order valence-corrected chi connectivity index (χ3v) is 2.48. The molecule has 0 spiro atoms. The Morgan fingerprint density at radius 2 is 1.28 bits per heavy atom. The van der Waals surface area contributed by atoms with Gasteiger partial charge in [-0.15, -0.1) is 0 Å². The monoisotopic (exact) mass is 278 g/mol. The van der Waals surface area contributed by atoms with Crippen LogP contribution in [0.1, 0.15) is 0 Å². The number of carboxylic acid groups (broad SMARTS) is 2. The molecule has 1 rings (SSSR count). The van der Waals surface area contributed by atoms with Gasteiger partial charge in [-0.3, -0.25) is 0 Å². The largest absolute Gasteiger partial charge is 0.479 e. The van der Waals surface area contributed by atoms with E-state index in [1.54, 1.807) is 0 Å².